The van der Waals surface area contributed by atoms with E-state index in [1.807, 2.05) is 18.2 Å². The van der Waals surface area contributed by atoms with Crippen LogP contribution in [-0.4, -0.2) is 34.2 Å². The molecular formula is C23H27N5OS. The molecule has 7 heteroatoms. The van der Waals surface area contributed by atoms with Gasteiger partial charge in [0.2, 0.25) is 0 Å². The second-order valence-electron chi connectivity index (χ2n) is 8.53. The van der Waals surface area contributed by atoms with Crippen molar-refractivity contribution in [2.75, 3.05) is 23.3 Å². The number of aromatic nitrogens is 3. The molecule has 1 saturated carbocycles. The van der Waals surface area contributed by atoms with Crippen molar-refractivity contribution in [3.05, 3.63) is 47.6 Å². The Morgan fingerprint density at radius 2 is 1.87 bits per heavy atom. The molecule has 1 aromatic carbocycles. The monoisotopic (exact) mass is 421 g/mol. The summed E-state index contributed by atoms with van der Waals surface area (Å²) in [7, 11) is 0. The van der Waals surface area contributed by atoms with Crippen LogP contribution in [0.15, 0.2) is 41.9 Å². The minimum Gasteiger partial charge on any atom is -0.370 e. The number of aromatic amines is 1. The van der Waals surface area contributed by atoms with Crippen molar-refractivity contribution >= 4 is 28.6 Å². The van der Waals surface area contributed by atoms with Crippen molar-refractivity contribution in [2.45, 2.75) is 44.9 Å². The molecule has 0 radical (unpaired) electrons. The summed E-state index contributed by atoms with van der Waals surface area (Å²) >= 11 is 1.44. The van der Waals surface area contributed by atoms with Gasteiger partial charge in [0, 0.05) is 24.7 Å². The predicted molar refractivity (Wildman–Crippen MR) is 121 cm³/mol. The number of rotatable bonds is 4. The van der Waals surface area contributed by atoms with E-state index in [1.54, 1.807) is 11.6 Å². The number of hydrogen-bond acceptors (Lipinski definition) is 5. The minimum absolute atomic E-state index is 0.176. The molecule has 1 aliphatic heterocycles. The Kier molecular flexibility index (Phi) is 5.29. The van der Waals surface area contributed by atoms with Gasteiger partial charge in [-0.15, -0.1) is 11.3 Å². The Balaban J connectivity index is 1.29. The molecule has 3 aromatic rings. The summed E-state index contributed by atoms with van der Waals surface area (Å²) in [6.07, 6.45) is 11.2. The van der Waals surface area contributed by atoms with E-state index in [1.165, 1.54) is 56.3 Å². The van der Waals surface area contributed by atoms with Crippen LogP contribution in [-0.2, 0) is 0 Å². The topological polar surface area (TPSA) is 73.9 Å². The Hall–Kier alpha value is -2.67. The van der Waals surface area contributed by atoms with Crippen LogP contribution in [0.2, 0.25) is 0 Å². The lowest BCUT2D eigenvalue weighted by Gasteiger charge is -2.45. The molecule has 1 amide bonds. The average molecular weight is 422 g/mol. The molecule has 1 spiro atoms. The van der Waals surface area contributed by atoms with Crippen LogP contribution in [0, 0.1) is 5.41 Å². The molecule has 0 atom stereocenters. The summed E-state index contributed by atoms with van der Waals surface area (Å²) in [4.78, 5) is 19.8. The summed E-state index contributed by atoms with van der Waals surface area (Å²) in [6.45, 7) is 2.13. The van der Waals surface area contributed by atoms with E-state index in [2.05, 4.69) is 37.5 Å². The Labute approximate surface area is 180 Å². The highest BCUT2D eigenvalue weighted by molar-refractivity contribution is 7.13. The van der Waals surface area contributed by atoms with Gasteiger partial charge in [-0.2, -0.15) is 5.10 Å². The van der Waals surface area contributed by atoms with Gasteiger partial charge in [-0.05, 0) is 49.3 Å². The second kappa shape index (κ2) is 8.22. The molecule has 0 bridgehead atoms. The first-order valence-corrected chi connectivity index (χ1v) is 11.7. The van der Waals surface area contributed by atoms with Gasteiger partial charge < -0.3 is 10.2 Å². The summed E-state index contributed by atoms with van der Waals surface area (Å²) < 4.78 is 0. The second-order valence-corrected chi connectivity index (χ2v) is 9.39. The summed E-state index contributed by atoms with van der Waals surface area (Å²) in [5.41, 5.74) is 3.79. The number of benzene rings is 1. The third kappa shape index (κ3) is 3.86. The first kappa shape index (κ1) is 19.3. The fraction of sp³-hybridized carbons (Fsp3) is 0.435. The van der Waals surface area contributed by atoms with E-state index < -0.39 is 0 Å². The maximum atomic E-state index is 12.9. The van der Waals surface area contributed by atoms with Gasteiger partial charge >= 0.3 is 0 Å². The normalized spacial score (nSPS) is 18.5. The molecule has 2 aromatic heterocycles. The quantitative estimate of drug-likeness (QED) is 0.597. The van der Waals surface area contributed by atoms with Gasteiger partial charge in [0.05, 0.1) is 17.1 Å². The summed E-state index contributed by atoms with van der Waals surface area (Å²) in [5, 5.41) is 12.5. The fourth-order valence-electron chi connectivity index (χ4n) is 4.94. The molecule has 2 aliphatic rings. The third-order valence-electron chi connectivity index (χ3n) is 6.70. The number of amides is 1. The van der Waals surface area contributed by atoms with E-state index in [-0.39, 0.29) is 5.91 Å². The van der Waals surface area contributed by atoms with Crippen LogP contribution in [0.5, 0.6) is 0 Å². The lowest BCUT2D eigenvalue weighted by Crippen LogP contribution is -2.41. The van der Waals surface area contributed by atoms with Gasteiger partial charge in [0.25, 0.3) is 5.91 Å². The number of para-hydroxylation sites is 2. The molecule has 6 nitrogen and oxygen atoms in total. The Bertz CT molecular complexity index is 996. The number of thiazole rings is 1. The third-order valence-corrected chi connectivity index (χ3v) is 7.57. The number of carbonyl (C=O) groups excluding carboxylic acids is 1. The highest BCUT2D eigenvalue weighted by atomic mass is 32.1. The van der Waals surface area contributed by atoms with Gasteiger partial charge in [-0.1, -0.05) is 31.4 Å². The van der Waals surface area contributed by atoms with Crippen LogP contribution in [0.3, 0.4) is 0 Å². The highest BCUT2D eigenvalue weighted by Crippen LogP contribution is 2.45. The van der Waals surface area contributed by atoms with Crippen molar-refractivity contribution < 1.29 is 4.79 Å². The molecule has 5 rings (SSSR count). The highest BCUT2D eigenvalue weighted by Gasteiger charge is 2.35. The zero-order valence-corrected chi connectivity index (χ0v) is 17.9. The molecule has 2 N–H and O–H groups in total. The van der Waals surface area contributed by atoms with Crippen LogP contribution in [0.1, 0.15) is 55.4 Å². The zero-order chi connectivity index (χ0) is 20.4. The first-order valence-electron chi connectivity index (χ1n) is 10.8. The molecule has 30 heavy (non-hydrogen) atoms. The van der Waals surface area contributed by atoms with Crippen LogP contribution in [0.4, 0.5) is 11.4 Å². The van der Waals surface area contributed by atoms with Crippen molar-refractivity contribution in [2.24, 2.45) is 5.41 Å². The maximum Gasteiger partial charge on any atom is 0.275 e. The lowest BCUT2D eigenvalue weighted by atomic mass is 9.68. The molecule has 3 heterocycles. The predicted octanol–water partition coefficient (Wildman–Crippen LogP) is 5.34. The molecule has 156 valence electrons. The fourth-order valence-corrected chi connectivity index (χ4v) is 5.72. The number of carbonyl (C=O) groups is 1. The molecule has 1 saturated heterocycles. The van der Waals surface area contributed by atoms with E-state index in [0.717, 1.165) is 35.2 Å². The minimum atomic E-state index is -0.176. The molecule has 2 fully saturated rings. The van der Waals surface area contributed by atoms with E-state index in [4.69, 9.17) is 0 Å². The Morgan fingerprint density at radius 3 is 2.63 bits per heavy atom. The van der Waals surface area contributed by atoms with Crippen molar-refractivity contribution in [3.63, 3.8) is 0 Å². The van der Waals surface area contributed by atoms with E-state index >= 15 is 0 Å². The van der Waals surface area contributed by atoms with Gasteiger partial charge in [-0.25, -0.2) is 4.98 Å². The summed E-state index contributed by atoms with van der Waals surface area (Å²) in [5.74, 6) is -0.176. The SMILES string of the molecule is O=C(Nc1ccccc1N1CCC2(CCCCC2)CC1)c1csc(-c2ccn[nH]2)n1. The first-order chi connectivity index (χ1) is 14.7. The standard InChI is InChI=1S/C23H27N5OS/c29-21(19-16-30-22(26-19)18-8-13-24-27-18)25-17-6-2-3-7-20(17)28-14-11-23(12-15-28)9-4-1-5-10-23/h2-3,6-8,13,16H,1,4-5,9-12,14-15H2,(H,24,27)(H,25,29). The van der Waals surface area contributed by atoms with Gasteiger partial charge in [-0.3, -0.25) is 9.89 Å². The largest absolute Gasteiger partial charge is 0.370 e. The van der Waals surface area contributed by atoms with Crippen molar-refractivity contribution in [1.29, 1.82) is 0 Å². The van der Waals surface area contributed by atoms with Crippen molar-refractivity contribution in [1.82, 2.24) is 15.2 Å². The number of piperidine rings is 1. The molecule has 1 aliphatic carbocycles. The smallest absolute Gasteiger partial charge is 0.275 e. The number of nitrogens with zero attached hydrogens (tertiary/aromatic N) is 3. The van der Waals surface area contributed by atoms with Crippen LogP contribution in [0.25, 0.3) is 10.7 Å². The van der Waals surface area contributed by atoms with Crippen molar-refractivity contribution in [3.8, 4) is 10.7 Å². The average Bonchev–Trinajstić information content (AvgIpc) is 3.48. The Morgan fingerprint density at radius 1 is 1.07 bits per heavy atom. The number of anilines is 2. The maximum absolute atomic E-state index is 12.9. The lowest BCUT2D eigenvalue weighted by molar-refractivity contribution is 0.102. The molecular weight excluding hydrogens is 394 g/mol. The van der Waals surface area contributed by atoms with Gasteiger partial charge in [0.1, 0.15) is 10.7 Å². The van der Waals surface area contributed by atoms with E-state index in [9.17, 15) is 4.79 Å². The van der Waals surface area contributed by atoms with Crippen LogP contribution >= 0.6 is 11.3 Å². The number of H-pyrrole nitrogens is 1. The zero-order valence-electron chi connectivity index (χ0n) is 17.1. The van der Waals surface area contributed by atoms with E-state index in [0.29, 0.717) is 11.1 Å². The van der Waals surface area contributed by atoms with Gasteiger partial charge in [0.15, 0.2) is 0 Å². The van der Waals surface area contributed by atoms with Crippen LogP contribution < -0.4 is 10.2 Å². The molecule has 0 unspecified atom stereocenters. The summed E-state index contributed by atoms with van der Waals surface area (Å²) in [6, 6.07) is 9.98. The number of nitrogens with one attached hydrogen (secondary N) is 2. The number of hydrogen-bond donors (Lipinski definition) is 2.